The van der Waals surface area contributed by atoms with Crippen LogP contribution in [-0.4, -0.2) is 58.2 Å². The Morgan fingerprint density at radius 2 is 1.83 bits per heavy atom. The number of halogens is 1. The fourth-order valence-electron chi connectivity index (χ4n) is 4.87. The van der Waals surface area contributed by atoms with Gasteiger partial charge < -0.3 is 20.4 Å². The van der Waals surface area contributed by atoms with Crippen molar-refractivity contribution in [3.05, 3.63) is 101 Å². The number of H-pyrrole nitrogens is 1. The van der Waals surface area contributed by atoms with Gasteiger partial charge in [-0.3, -0.25) is 10.1 Å². The van der Waals surface area contributed by atoms with Crippen molar-refractivity contribution >= 4 is 28.9 Å². The normalized spacial score (nSPS) is 18.0. The van der Waals surface area contributed by atoms with E-state index in [1.54, 1.807) is 18.5 Å². The van der Waals surface area contributed by atoms with E-state index in [4.69, 9.17) is 0 Å². The van der Waals surface area contributed by atoms with Crippen molar-refractivity contribution in [1.29, 1.82) is 0 Å². The van der Waals surface area contributed by atoms with Crippen molar-refractivity contribution in [3.63, 3.8) is 0 Å². The van der Waals surface area contributed by atoms with Gasteiger partial charge in [-0.15, -0.1) is 0 Å². The molecule has 216 valence electrons. The highest BCUT2D eigenvalue weighted by Gasteiger charge is 2.25. The van der Waals surface area contributed by atoms with Crippen LogP contribution in [0, 0.1) is 5.92 Å². The summed E-state index contributed by atoms with van der Waals surface area (Å²) in [7, 11) is 2.14. The van der Waals surface area contributed by atoms with Gasteiger partial charge in [-0.2, -0.15) is 5.10 Å². The molecule has 4 rings (SSSR count). The van der Waals surface area contributed by atoms with Crippen molar-refractivity contribution in [2.24, 2.45) is 5.92 Å². The zero-order valence-corrected chi connectivity index (χ0v) is 24.8. The van der Waals surface area contributed by atoms with Crippen molar-refractivity contribution in [3.8, 4) is 0 Å². The molecule has 0 unspecified atom stereocenters. The quantitative estimate of drug-likeness (QED) is 0.343. The van der Waals surface area contributed by atoms with Gasteiger partial charge in [0.25, 0.3) is 0 Å². The molecule has 1 saturated carbocycles. The monoisotopic (exact) mass is 555 g/mol. The van der Waals surface area contributed by atoms with E-state index >= 15 is 4.39 Å². The molecule has 3 heterocycles. The van der Waals surface area contributed by atoms with Gasteiger partial charge in [0.05, 0.1) is 28.1 Å². The summed E-state index contributed by atoms with van der Waals surface area (Å²) < 4.78 is 16.2. The van der Waals surface area contributed by atoms with E-state index in [-0.39, 0.29) is 5.57 Å². The van der Waals surface area contributed by atoms with Gasteiger partial charge in [0, 0.05) is 60.6 Å². The average molecular weight is 556 g/mol. The maximum atomic E-state index is 16.2. The van der Waals surface area contributed by atoms with Gasteiger partial charge in [-0.25, -0.2) is 4.39 Å². The van der Waals surface area contributed by atoms with Crippen molar-refractivity contribution in [1.82, 2.24) is 30.3 Å². The molecule has 3 N–H and O–H groups in total. The molecule has 2 aliphatic rings. The molecule has 1 saturated heterocycles. The van der Waals surface area contributed by atoms with E-state index in [0.29, 0.717) is 33.4 Å². The van der Waals surface area contributed by atoms with Gasteiger partial charge in [-0.05, 0) is 64.3 Å². The summed E-state index contributed by atoms with van der Waals surface area (Å²) in [6.07, 6.45) is 11.2. The molecule has 0 spiro atoms. The minimum absolute atomic E-state index is 0.214. The van der Waals surface area contributed by atoms with Gasteiger partial charge in [0.2, 0.25) is 0 Å². The van der Waals surface area contributed by atoms with Gasteiger partial charge in [0.15, 0.2) is 0 Å². The molecule has 7 nitrogen and oxygen atoms in total. The lowest BCUT2D eigenvalue weighted by Crippen LogP contribution is -2.44. The highest BCUT2D eigenvalue weighted by atomic mass is 19.1. The number of aromatic amines is 1. The summed E-state index contributed by atoms with van der Waals surface area (Å²) in [4.78, 5) is 8.99. The molecular weight excluding hydrogens is 513 g/mol. The average Bonchev–Trinajstić information content (AvgIpc) is 3.74. The third-order valence-corrected chi connectivity index (χ3v) is 7.72. The number of anilines is 1. The minimum atomic E-state index is -0.493. The summed E-state index contributed by atoms with van der Waals surface area (Å²) in [5.41, 5.74) is 6.44. The van der Waals surface area contributed by atoms with E-state index in [2.05, 4.69) is 75.9 Å². The van der Waals surface area contributed by atoms with Gasteiger partial charge >= 0.3 is 0 Å². The Bertz CT molecular complexity index is 1530. The molecule has 0 amide bonds. The number of piperazine rings is 1. The lowest BCUT2D eigenvalue weighted by Gasteiger charge is -2.36. The Labute approximate surface area is 242 Å². The predicted molar refractivity (Wildman–Crippen MR) is 169 cm³/mol. The summed E-state index contributed by atoms with van der Waals surface area (Å²) in [6, 6.07) is 1.84. The van der Waals surface area contributed by atoms with E-state index in [1.165, 1.54) is 0 Å². The van der Waals surface area contributed by atoms with Crippen LogP contribution in [0.2, 0.25) is 0 Å². The highest BCUT2D eigenvalue weighted by molar-refractivity contribution is 5.94. The van der Waals surface area contributed by atoms with Crippen LogP contribution in [0.3, 0.4) is 0 Å². The molecule has 0 bridgehead atoms. The van der Waals surface area contributed by atoms with E-state index in [9.17, 15) is 0 Å². The Morgan fingerprint density at radius 1 is 1.12 bits per heavy atom. The smallest absolute Gasteiger partial charge is 0.142 e. The minimum Gasteiger partial charge on any atom is -0.369 e. The SMILES string of the molecule is C=C/C=C(\C(C)=C(/C)NC(=C)c1n[nH]c(=C/C)/c1=C(/F)C(=C)c1cncc(NC(=C)C2CC2)c1)N1CCN(C)CC1. The zero-order chi connectivity index (χ0) is 29.7. The topological polar surface area (TPSA) is 72.1 Å². The molecule has 1 aliphatic heterocycles. The lowest BCUT2D eigenvalue weighted by molar-refractivity contribution is 0.188. The third kappa shape index (κ3) is 6.95. The van der Waals surface area contributed by atoms with E-state index in [1.807, 2.05) is 32.1 Å². The van der Waals surface area contributed by atoms with Crippen molar-refractivity contribution in [2.45, 2.75) is 33.6 Å². The fraction of sp³-hybridized carbons (Fsp3) is 0.333. The first-order chi connectivity index (χ1) is 19.6. The number of nitrogens with one attached hydrogen (secondary N) is 3. The van der Waals surface area contributed by atoms with Gasteiger partial charge in [0.1, 0.15) is 11.5 Å². The standard InChI is InChI=1S/C33H42FN7/c1-9-11-30(41-16-14-40(8)15-17-41)21(3)23(5)36-25(7)33-31(29(10-2)38-39-33)32(34)22(4)27-18-28(20-35-19-27)37-24(6)26-12-13-26/h9-11,18-20,26,36-38H,1,4,6-7,12-17H2,2-3,5,8H3/b23-21+,29-10+,30-11+,32-31-. The van der Waals surface area contributed by atoms with Crippen LogP contribution in [0.25, 0.3) is 23.2 Å². The van der Waals surface area contributed by atoms with Crippen molar-refractivity contribution in [2.75, 3.05) is 38.5 Å². The summed E-state index contributed by atoms with van der Waals surface area (Å²) in [5, 5.41) is 14.9. The molecule has 8 heteroatoms. The number of rotatable bonds is 11. The largest absolute Gasteiger partial charge is 0.369 e. The molecule has 2 aromatic heterocycles. The van der Waals surface area contributed by atoms with Gasteiger partial charge in [-0.1, -0.05) is 38.5 Å². The van der Waals surface area contributed by atoms with Crippen LogP contribution in [0.5, 0.6) is 0 Å². The molecule has 0 aromatic carbocycles. The molecule has 41 heavy (non-hydrogen) atoms. The van der Waals surface area contributed by atoms with Crippen LogP contribution in [0.15, 0.2) is 79.6 Å². The Hall–Kier alpha value is -4.17. The second-order valence-electron chi connectivity index (χ2n) is 10.8. The Kier molecular flexibility index (Phi) is 9.45. The summed E-state index contributed by atoms with van der Waals surface area (Å²) in [6.45, 7) is 26.1. The molecule has 0 atom stereocenters. The third-order valence-electron chi connectivity index (χ3n) is 7.72. The fourth-order valence-corrected chi connectivity index (χ4v) is 4.87. The molecular formula is C33H42FN7. The second kappa shape index (κ2) is 13.0. The van der Waals surface area contributed by atoms with Crippen LogP contribution in [-0.2, 0) is 0 Å². The van der Waals surface area contributed by atoms with E-state index < -0.39 is 5.83 Å². The Morgan fingerprint density at radius 3 is 2.46 bits per heavy atom. The lowest BCUT2D eigenvalue weighted by atomic mass is 10.1. The predicted octanol–water partition coefficient (Wildman–Crippen LogP) is 4.90. The number of hydrogen-bond donors (Lipinski definition) is 3. The summed E-state index contributed by atoms with van der Waals surface area (Å²) in [5.74, 6) is -0.00125. The van der Waals surface area contributed by atoms with Crippen LogP contribution in [0.4, 0.5) is 10.1 Å². The zero-order valence-electron chi connectivity index (χ0n) is 24.8. The first-order valence-electron chi connectivity index (χ1n) is 14.1. The Balaban J connectivity index is 1.63. The second-order valence-corrected chi connectivity index (χ2v) is 10.8. The maximum absolute atomic E-state index is 16.2. The van der Waals surface area contributed by atoms with Crippen LogP contribution in [0.1, 0.15) is 44.9 Å². The molecule has 1 aliphatic carbocycles. The number of likely N-dealkylation sites (N-methyl/N-ethyl adjacent to an activating group) is 1. The van der Waals surface area contributed by atoms with Crippen LogP contribution >= 0.6 is 0 Å². The molecule has 0 radical (unpaired) electrons. The van der Waals surface area contributed by atoms with Crippen LogP contribution < -0.4 is 21.2 Å². The first-order valence-corrected chi connectivity index (χ1v) is 14.1. The number of nitrogens with zero attached hydrogens (tertiary/aromatic N) is 4. The number of pyridine rings is 1. The summed E-state index contributed by atoms with van der Waals surface area (Å²) >= 11 is 0. The maximum Gasteiger partial charge on any atom is 0.142 e. The first kappa shape index (κ1) is 29.8. The van der Waals surface area contributed by atoms with Crippen molar-refractivity contribution < 1.29 is 4.39 Å². The number of allylic oxidation sites excluding steroid dienone is 6. The highest BCUT2D eigenvalue weighted by Crippen LogP contribution is 2.36. The molecule has 2 aromatic rings. The molecule has 2 fully saturated rings. The number of aromatic nitrogens is 3. The number of hydrogen-bond acceptors (Lipinski definition) is 6. The van der Waals surface area contributed by atoms with E-state index in [0.717, 1.165) is 67.4 Å².